The van der Waals surface area contributed by atoms with Gasteiger partial charge >= 0.3 is 6.01 Å². The molecule has 0 N–H and O–H groups in total. The lowest BCUT2D eigenvalue weighted by Crippen LogP contribution is -2.43. The van der Waals surface area contributed by atoms with Crippen LogP contribution in [0.15, 0.2) is 36.8 Å². The van der Waals surface area contributed by atoms with E-state index >= 15 is 4.39 Å². The van der Waals surface area contributed by atoms with Crippen molar-refractivity contribution in [3.8, 4) is 29.6 Å². The van der Waals surface area contributed by atoms with Crippen LogP contribution in [0.4, 0.5) is 14.6 Å². The molecule has 4 fully saturated rings. The molecule has 42 heavy (non-hydrogen) atoms. The molecule has 3 unspecified atom stereocenters. The van der Waals surface area contributed by atoms with Gasteiger partial charge in [0, 0.05) is 66.5 Å². The Hall–Kier alpha value is -3.90. The Labute approximate surface area is 243 Å². The molecular formula is C33H32F2N6O. The minimum Gasteiger partial charge on any atom is -0.461 e. The van der Waals surface area contributed by atoms with Crippen molar-refractivity contribution in [3.63, 3.8) is 0 Å². The molecule has 1 aromatic carbocycles. The highest BCUT2D eigenvalue weighted by atomic mass is 19.1. The van der Waals surface area contributed by atoms with Gasteiger partial charge in [0.1, 0.15) is 29.8 Å². The maximum atomic E-state index is 16.7. The summed E-state index contributed by atoms with van der Waals surface area (Å²) in [7, 11) is 0. The number of benzene rings is 1. The standard InChI is InChI=1S/C33H32F2N6O/c1-2-22-5-3-6-23-13-36-14-25(27(22)23)29-28(35)30-26(15-37-29)31(40-16-20-7-8-21(11-20)17-40)39-32(38-30)42-19-33-9-4-10-41(33)18-24(34)12-33/h1,3,5-6,13-15,20-21,24H,4,7-12,16-19H2/t20?,21?,24-,33?/m0/s1. The Morgan fingerprint density at radius 2 is 1.95 bits per heavy atom. The number of hydrogen-bond donors (Lipinski definition) is 0. The lowest BCUT2D eigenvalue weighted by atomic mass is 9.95. The topological polar surface area (TPSA) is 67.3 Å². The first-order chi connectivity index (χ1) is 20.5. The number of halogens is 2. The van der Waals surface area contributed by atoms with E-state index < -0.39 is 12.0 Å². The summed E-state index contributed by atoms with van der Waals surface area (Å²) in [5.74, 6) is 4.01. The van der Waals surface area contributed by atoms with Crippen molar-refractivity contribution in [2.75, 3.05) is 37.7 Å². The molecule has 4 aromatic rings. The molecule has 1 saturated carbocycles. The summed E-state index contributed by atoms with van der Waals surface area (Å²) >= 11 is 0. The van der Waals surface area contributed by atoms with E-state index in [1.54, 1.807) is 18.6 Å². The molecule has 9 heteroatoms. The fourth-order valence-electron chi connectivity index (χ4n) is 8.08. The molecule has 4 atom stereocenters. The molecule has 0 spiro atoms. The van der Waals surface area contributed by atoms with E-state index in [9.17, 15) is 4.39 Å². The second kappa shape index (κ2) is 9.84. The molecule has 7 nitrogen and oxygen atoms in total. The number of rotatable bonds is 5. The third kappa shape index (κ3) is 4.10. The van der Waals surface area contributed by atoms with Crippen LogP contribution in [-0.4, -0.2) is 69.3 Å². The fraction of sp³-hybridized carbons (Fsp3) is 0.455. The van der Waals surface area contributed by atoms with Gasteiger partial charge in [-0.2, -0.15) is 9.97 Å². The largest absolute Gasteiger partial charge is 0.461 e. The van der Waals surface area contributed by atoms with Crippen LogP contribution in [0, 0.1) is 30.0 Å². The van der Waals surface area contributed by atoms with Crippen LogP contribution in [0.5, 0.6) is 6.01 Å². The van der Waals surface area contributed by atoms with Crippen molar-refractivity contribution in [1.29, 1.82) is 0 Å². The predicted molar refractivity (Wildman–Crippen MR) is 158 cm³/mol. The van der Waals surface area contributed by atoms with Gasteiger partial charge < -0.3 is 9.64 Å². The second-order valence-corrected chi connectivity index (χ2v) is 12.6. The first-order valence-electron chi connectivity index (χ1n) is 15.0. The molecule has 8 rings (SSSR count). The third-order valence-electron chi connectivity index (χ3n) is 9.97. The van der Waals surface area contributed by atoms with Gasteiger partial charge in [-0.15, -0.1) is 6.42 Å². The molecule has 3 aliphatic heterocycles. The molecule has 3 aromatic heterocycles. The molecule has 4 aliphatic rings. The van der Waals surface area contributed by atoms with Gasteiger partial charge in [-0.1, -0.05) is 18.1 Å². The van der Waals surface area contributed by atoms with E-state index in [-0.39, 0.29) is 29.4 Å². The van der Waals surface area contributed by atoms with Gasteiger partial charge in [-0.05, 0) is 56.6 Å². The van der Waals surface area contributed by atoms with Gasteiger partial charge in [0.2, 0.25) is 0 Å². The zero-order chi connectivity index (χ0) is 28.4. The van der Waals surface area contributed by atoms with Crippen molar-refractivity contribution in [3.05, 3.63) is 48.2 Å². The van der Waals surface area contributed by atoms with E-state index in [0.29, 0.717) is 47.1 Å². The first-order valence-corrected chi connectivity index (χ1v) is 15.0. The van der Waals surface area contributed by atoms with E-state index in [4.69, 9.17) is 16.1 Å². The average Bonchev–Trinajstić information content (AvgIpc) is 3.65. The van der Waals surface area contributed by atoms with Gasteiger partial charge in [0.05, 0.1) is 10.9 Å². The van der Waals surface area contributed by atoms with Crippen LogP contribution < -0.4 is 9.64 Å². The van der Waals surface area contributed by atoms with Gasteiger partial charge in [0.25, 0.3) is 0 Å². The zero-order valence-corrected chi connectivity index (χ0v) is 23.4. The van der Waals surface area contributed by atoms with Crippen LogP contribution in [0.25, 0.3) is 32.9 Å². The van der Waals surface area contributed by atoms with Crippen molar-refractivity contribution in [2.45, 2.75) is 50.2 Å². The third-order valence-corrected chi connectivity index (χ3v) is 9.97. The maximum absolute atomic E-state index is 16.7. The number of ether oxygens (including phenoxy) is 1. The number of fused-ring (bicyclic) bond motifs is 5. The van der Waals surface area contributed by atoms with Crippen molar-refractivity contribution in [1.82, 2.24) is 24.8 Å². The quantitative estimate of drug-likeness (QED) is 0.294. The van der Waals surface area contributed by atoms with Gasteiger partial charge in [0.15, 0.2) is 5.82 Å². The number of nitrogens with zero attached hydrogens (tertiary/aromatic N) is 6. The second-order valence-electron chi connectivity index (χ2n) is 12.6. The summed E-state index contributed by atoms with van der Waals surface area (Å²) < 4.78 is 37.4. The normalized spacial score (nSPS) is 27.1. The molecule has 214 valence electrons. The van der Waals surface area contributed by atoms with Crippen molar-refractivity contribution >= 4 is 27.5 Å². The number of aromatic nitrogens is 4. The molecule has 0 amide bonds. The lowest BCUT2D eigenvalue weighted by Gasteiger charge is -2.34. The van der Waals surface area contributed by atoms with Gasteiger partial charge in [-0.25, -0.2) is 8.78 Å². The van der Waals surface area contributed by atoms with Crippen LogP contribution in [0.2, 0.25) is 0 Å². The van der Waals surface area contributed by atoms with Crippen LogP contribution in [-0.2, 0) is 0 Å². The van der Waals surface area contributed by atoms with Crippen molar-refractivity contribution in [2.24, 2.45) is 11.8 Å². The summed E-state index contributed by atoms with van der Waals surface area (Å²) in [6.07, 6.45) is 15.9. The fourth-order valence-corrected chi connectivity index (χ4v) is 8.08. The molecule has 6 heterocycles. The minimum atomic E-state index is -0.862. The Balaban J connectivity index is 1.25. The first kappa shape index (κ1) is 25.8. The van der Waals surface area contributed by atoms with E-state index in [0.717, 1.165) is 43.2 Å². The van der Waals surface area contributed by atoms with E-state index in [1.807, 2.05) is 18.2 Å². The van der Waals surface area contributed by atoms with Crippen LogP contribution >= 0.6 is 0 Å². The number of terminal acetylenes is 1. The molecule has 0 radical (unpaired) electrons. The smallest absolute Gasteiger partial charge is 0.319 e. The highest BCUT2D eigenvalue weighted by Gasteiger charge is 2.49. The van der Waals surface area contributed by atoms with Crippen LogP contribution in [0.1, 0.15) is 44.1 Å². The molecular weight excluding hydrogens is 534 g/mol. The maximum Gasteiger partial charge on any atom is 0.319 e. The summed E-state index contributed by atoms with van der Waals surface area (Å²) in [4.78, 5) is 22.9. The number of pyridine rings is 2. The highest BCUT2D eigenvalue weighted by molar-refractivity contribution is 6.01. The minimum absolute atomic E-state index is 0.121. The van der Waals surface area contributed by atoms with Gasteiger partial charge in [-0.3, -0.25) is 14.9 Å². The molecule has 1 aliphatic carbocycles. The zero-order valence-electron chi connectivity index (χ0n) is 23.4. The van der Waals surface area contributed by atoms with E-state index in [2.05, 4.69) is 30.7 Å². The Morgan fingerprint density at radius 1 is 1.10 bits per heavy atom. The van der Waals surface area contributed by atoms with Crippen LogP contribution in [0.3, 0.4) is 0 Å². The molecule has 2 bridgehead atoms. The predicted octanol–water partition coefficient (Wildman–Crippen LogP) is 5.55. The monoisotopic (exact) mass is 566 g/mol. The lowest BCUT2D eigenvalue weighted by molar-refractivity contribution is 0.107. The highest BCUT2D eigenvalue weighted by Crippen LogP contribution is 2.43. The average molecular weight is 567 g/mol. The Kier molecular flexibility index (Phi) is 6.04. The van der Waals surface area contributed by atoms with E-state index in [1.165, 1.54) is 19.3 Å². The molecule has 3 saturated heterocycles. The SMILES string of the molecule is C#Cc1cccc2cncc(-c3ncc4c(N5CC6CCC(C6)C5)nc(OCC56CCCN5C[C@@H](F)C6)nc4c3F)c12. The summed E-state index contributed by atoms with van der Waals surface area (Å²) in [6, 6.07) is 5.72. The number of alkyl halides is 1. The Morgan fingerprint density at radius 3 is 2.79 bits per heavy atom. The van der Waals surface area contributed by atoms with Crippen molar-refractivity contribution < 1.29 is 13.5 Å². The summed E-state index contributed by atoms with van der Waals surface area (Å²) in [5.41, 5.74) is 1.09. The number of hydrogen-bond acceptors (Lipinski definition) is 7. The summed E-state index contributed by atoms with van der Waals surface area (Å²) in [5, 5.41) is 2.09. The Bertz CT molecular complexity index is 1740. The number of anilines is 1. The number of piperidine rings is 1. The summed E-state index contributed by atoms with van der Waals surface area (Å²) in [6.45, 7) is 3.32.